The smallest absolute Gasteiger partial charge is 0.270 e. The van der Waals surface area contributed by atoms with Crippen LogP contribution in [-0.4, -0.2) is 46.1 Å². The minimum Gasteiger partial charge on any atom is -0.355 e. The molecule has 2 amide bonds. The van der Waals surface area contributed by atoms with Gasteiger partial charge in [-0.15, -0.1) is 0 Å². The molecule has 142 valence electrons. The van der Waals surface area contributed by atoms with Crippen LogP contribution in [0.5, 0.6) is 0 Å². The zero-order valence-corrected chi connectivity index (χ0v) is 16.3. The molecule has 0 spiro atoms. The number of nitrogens with one attached hydrogen (secondary N) is 1. The Hall–Kier alpha value is -2.93. The minimum absolute atomic E-state index is 0.0563. The molecule has 28 heavy (non-hydrogen) atoms. The molecule has 0 radical (unpaired) electrons. The van der Waals surface area contributed by atoms with E-state index in [-0.39, 0.29) is 17.6 Å². The van der Waals surface area contributed by atoms with Gasteiger partial charge in [0.15, 0.2) is 5.17 Å². The number of hydrogen-bond donors (Lipinski definition) is 1. The topological polar surface area (TPSA) is 74.1 Å². The first-order chi connectivity index (χ1) is 13.6. The van der Waals surface area contributed by atoms with Gasteiger partial charge < -0.3 is 5.32 Å². The highest BCUT2D eigenvalue weighted by Gasteiger charge is 2.39. The van der Waals surface area contributed by atoms with Gasteiger partial charge in [-0.1, -0.05) is 54.2 Å². The fraction of sp³-hybridized carbons (Fsp3) is 0.238. The van der Waals surface area contributed by atoms with Crippen molar-refractivity contribution in [2.24, 2.45) is 9.98 Å². The Bertz CT molecular complexity index is 971. The van der Waals surface area contributed by atoms with Crippen LogP contribution in [0.3, 0.4) is 0 Å². The molecule has 1 atom stereocenters. The number of hydrogen-bond acceptors (Lipinski definition) is 5. The molecule has 0 saturated heterocycles. The molecule has 2 aliphatic rings. The summed E-state index contributed by atoms with van der Waals surface area (Å²) in [5, 5.41) is 3.57. The molecule has 1 N–H and O–H groups in total. The van der Waals surface area contributed by atoms with E-state index < -0.39 is 6.04 Å². The quantitative estimate of drug-likeness (QED) is 0.849. The number of benzene rings is 2. The van der Waals surface area contributed by atoms with Crippen LogP contribution in [0.4, 0.5) is 5.69 Å². The third kappa shape index (κ3) is 3.71. The van der Waals surface area contributed by atoms with Crippen LogP contribution < -0.4 is 5.32 Å². The van der Waals surface area contributed by atoms with Crippen LogP contribution in [-0.2, 0) is 16.0 Å². The summed E-state index contributed by atoms with van der Waals surface area (Å²) in [6, 6.07) is 17.2. The summed E-state index contributed by atoms with van der Waals surface area (Å²) in [4.78, 5) is 35.1. The first-order valence-corrected chi connectivity index (χ1v) is 10.2. The van der Waals surface area contributed by atoms with Crippen molar-refractivity contribution in [2.45, 2.75) is 19.4 Å². The fourth-order valence-electron chi connectivity index (χ4n) is 3.18. The van der Waals surface area contributed by atoms with Crippen LogP contribution in [0.15, 0.2) is 64.6 Å². The second-order valence-electron chi connectivity index (χ2n) is 6.61. The third-order valence-electron chi connectivity index (χ3n) is 4.67. The molecule has 2 aromatic carbocycles. The molecule has 1 unspecified atom stereocenters. The van der Waals surface area contributed by atoms with Gasteiger partial charge in [0.1, 0.15) is 11.9 Å². The zero-order valence-electron chi connectivity index (χ0n) is 15.5. The van der Waals surface area contributed by atoms with Crippen molar-refractivity contribution in [3.8, 4) is 0 Å². The predicted molar refractivity (Wildman–Crippen MR) is 112 cm³/mol. The molecule has 0 bridgehead atoms. The van der Waals surface area contributed by atoms with Crippen LogP contribution in [0, 0.1) is 0 Å². The van der Waals surface area contributed by atoms with E-state index in [0.29, 0.717) is 17.5 Å². The Morgan fingerprint density at radius 2 is 1.86 bits per heavy atom. The summed E-state index contributed by atoms with van der Waals surface area (Å²) in [6.45, 7) is 2.40. The molecule has 4 rings (SSSR count). The molecule has 7 heteroatoms. The summed E-state index contributed by atoms with van der Waals surface area (Å²) in [5.74, 6) is 0.613. The van der Waals surface area contributed by atoms with Gasteiger partial charge in [0.2, 0.25) is 5.91 Å². The molecule has 2 heterocycles. The van der Waals surface area contributed by atoms with Gasteiger partial charge in [-0.2, -0.15) is 4.99 Å². The number of fused-ring (bicyclic) bond motifs is 3. The highest BCUT2D eigenvalue weighted by atomic mass is 32.2. The number of rotatable bonds is 5. The summed E-state index contributed by atoms with van der Waals surface area (Å²) in [5.41, 5.74) is 2.80. The number of carbonyl (C=O) groups excluding carboxylic acids is 2. The van der Waals surface area contributed by atoms with Crippen molar-refractivity contribution in [3.63, 3.8) is 0 Å². The first kappa shape index (κ1) is 18.4. The summed E-state index contributed by atoms with van der Waals surface area (Å²) < 4.78 is 0. The monoisotopic (exact) mass is 392 g/mol. The van der Waals surface area contributed by atoms with Gasteiger partial charge in [0, 0.05) is 12.1 Å². The van der Waals surface area contributed by atoms with Gasteiger partial charge in [0.05, 0.1) is 11.4 Å². The molecule has 0 aromatic heterocycles. The van der Waals surface area contributed by atoms with E-state index in [4.69, 9.17) is 0 Å². The number of thioether (sulfide) groups is 1. The lowest BCUT2D eigenvalue weighted by molar-refractivity contribution is -0.119. The van der Waals surface area contributed by atoms with Crippen LogP contribution in [0.2, 0.25) is 0 Å². The van der Waals surface area contributed by atoms with Crippen LogP contribution in [0.1, 0.15) is 18.1 Å². The summed E-state index contributed by atoms with van der Waals surface area (Å²) in [7, 11) is 0. The fourth-order valence-corrected chi connectivity index (χ4v) is 4.09. The van der Waals surface area contributed by atoms with E-state index in [1.165, 1.54) is 17.3 Å². The molecule has 0 fully saturated rings. The Morgan fingerprint density at radius 1 is 1.11 bits per heavy atom. The Balaban J connectivity index is 1.40. The van der Waals surface area contributed by atoms with Crippen LogP contribution >= 0.6 is 11.8 Å². The Morgan fingerprint density at radius 3 is 2.68 bits per heavy atom. The van der Waals surface area contributed by atoms with Gasteiger partial charge in [0.25, 0.3) is 5.91 Å². The predicted octanol–water partition coefficient (Wildman–Crippen LogP) is 2.76. The molecule has 0 saturated carbocycles. The van der Waals surface area contributed by atoms with Crippen LogP contribution in [0.25, 0.3) is 0 Å². The van der Waals surface area contributed by atoms with Crippen molar-refractivity contribution in [1.29, 1.82) is 0 Å². The minimum atomic E-state index is -0.407. The SMILES string of the molecule is CC1C(=O)N=C2c3ccccc3N=C(SCC(=O)NCCc3ccccc3)N21. The molecule has 6 nitrogen and oxygen atoms in total. The number of amidine groups is 2. The van der Waals surface area contributed by atoms with E-state index in [9.17, 15) is 9.59 Å². The lowest BCUT2D eigenvalue weighted by atomic mass is 10.1. The maximum Gasteiger partial charge on any atom is 0.270 e. The van der Waals surface area contributed by atoms with E-state index in [0.717, 1.165) is 17.7 Å². The van der Waals surface area contributed by atoms with E-state index >= 15 is 0 Å². The first-order valence-electron chi connectivity index (χ1n) is 9.17. The second-order valence-corrected chi connectivity index (χ2v) is 7.55. The summed E-state index contributed by atoms with van der Waals surface area (Å²) >= 11 is 1.33. The Kier molecular flexibility index (Phi) is 5.25. The number of amides is 2. The molecular weight excluding hydrogens is 372 g/mol. The van der Waals surface area contributed by atoms with Gasteiger partial charge in [-0.25, -0.2) is 4.99 Å². The Labute approximate surface area is 167 Å². The lowest BCUT2D eigenvalue weighted by Gasteiger charge is -2.29. The van der Waals surface area contributed by atoms with E-state index in [1.54, 1.807) is 0 Å². The number of para-hydroxylation sites is 1. The maximum atomic E-state index is 12.3. The zero-order chi connectivity index (χ0) is 19.5. The molecular formula is C21H20N4O2S. The third-order valence-corrected chi connectivity index (χ3v) is 5.62. The van der Waals surface area contributed by atoms with Crippen molar-refractivity contribution in [3.05, 3.63) is 65.7 Å². The highest BCUT2D eigenvalue weighted by Crippen LogP contribution is 2.33. The average molecular weight is 392 g/mol. The van der Waals surface area contributed by atoms with Crippen molar-refractivity contribution in [2.75, 3.05) is 12.3 Å². The second kappa shape index (κ2) is 7.98. The molecule has 0 aliphatic carbocycles. The maximum absolute atomic E-state index is 12.3. The average Bonchev–Trinajstić information content (AvgIpc) is 3.02. The highest BCUT2D eigenvalue weighted by molar-refractivity contribution is 8.14. The van der Waals surface area contributed by atoms with Crippen molar-refractivity contribution >= 4 is 40.3 Å². The standard InChI is InChI=1S/C21H20N4O2S/c1-14-20(27)24-19-16-9-5-6-10-17(16)23-21(25(14)19)28-13-18(26)22-12-11-15-7-3-2-4-8-15/h2-10,14H,11-13H2,1H3,(H,22,26). The molecule has 2 aromatic rings. The van der Waals surface area contributed by atoms with Crippen molar-refractivity contribution < 1.29 is 9.59 Å². The lowest BCUT2D eigenvalue weighted by Crippen LogP contribution is -2.42. The molecule has 2 aliphatic heterocycles. The van der Waals surface area contributed by atoms with Gasteiger partial charge in [-0.3, -0.25) is 14.5 Å². The summed E-state index contributed by atoms with van der Waals surface area (Å²) in [6.07, 6.45) is 0.792. The number of carbonyl (C=O) groups is 2. The van der Waals surface area contributed by atoms with E-state index in [2.05, 4.69) is 15.3 Å². The normalized spacial score (nSPS) is 17.5. The van der Waals surface area contributed by atoms with Gasteiger partial charge in [-0.05, 0) is 31.0 Å². The number of aliphatic imine (C=N–C) groups is 2. The largest absolute Gasteiger partial charge is 0.355 e. The number of nitrogens with zero attached hydrogens (tertiary/aromatic N) is 3. The van der Waals surface area contributed by atoms with Gasteiger partial charge >= 0.3 is 0 Å². The van der Waals surface area contributed by atoms with Crippen molar-refractivity contribution in [1.82, 2.24) is 10.2 Å². The van der Waals surface area contributed by atoms with E-state index in [1.807, 2.05) is 66.4 Å².